The molecule has 3 rings (SSSR count). The predicted molar refractivity (Wildman–Crippen MR) is 77.0 cm³/mol. The second-order valence-electron chi connectivity index (χ2n) is 5.18. The monoisotopic (exact) mass is 272 g/mol. The lowest BCUT2D eigenvalue weighted by atomic mass is 10.1. The summed E-state index contributed by atoms with van der Waals surface area (Å²) in [6.45, 7) is 4.70. The molecule has 6 heteroatoms. The van der Waals surface area contributed by atoms with Crippen molar-refractivity contribution in [2.24, 2.45) is 5.73 Å². The van der Waals surface area contributed by atoms with E-state index in [0.717, 1.165) is 36.7 Å². The summed E-state index contributed by atoms with van der Waals surface area (Å²) in [4.78, 5) is 18.9. The highest BCUT2D eigenvalue weighted by atomic mass is 15.2. The van der Waals surface area contributed by atoms with Crippen LogP contribution in [0.5, 0.6) is 0 Å². The largest absolute Gasteiger partial charge is 0.342 e. The number of H-pyrrole nitrogens is 1. The fourth-order valence-electron chi connectivity index (χ4n) is 2.85. The number of nitrogens with zero attached hydrogens (tertiary/aromatic N) is 4. The molecule has 0 bridgehead atoms. The molecule has 0 amide bonds. The first kappa shape index (κ1) is 13.2. The van der Waals surface area contributed by atoms with Crippen LogP contribution in [0.1, 0.15) is 30.3 Å². The zero-order chi connectivity index (χ0) is 13.9. The smallest absolute Gasteiger partial charge is 0.196 e. The molecule has 1 aliphatic rings. The first-order chi connectivity index (χ1) is 9.78. The molecule has 1 aliphatic heterocycles. The maximum atomic E-state index is 5.70. The topological polar surface area (TPSA) is 83.7 Å². The zero-order valence-electron chi connectivity index (χ0n) is 11.7. The Balaban J connectivity index is 1.93. The zero-order valence-corrected chi connectivity index (χ0v) is 11.7. The first-order valence-corrected chi connectivity index (χ1v) is 7.07. The predicted octanol–water partition coefficient (Wildman–Crippen LogP) is 1.27. The number of hydrogen-bond donors (Lipinski definition) is 2. The van der Waals surface area contributed by atoms with Crippen LogP contribution >= 0.6 is 0 Å². The number of aryl methyl sites for hydroxylation is 1. The minimum Gasteiger partial charge on any atom is -0.342 e. The molecule has 0 spiro atoms. The summed E-state index contributed by atoms with van der Waals surface area (Å²) >= 11 is 0. The van der Waals surface area contributed by atoms with E-state index in [4.69, 9.17) is 10.7 Å². The van der Waals surface area contributed by atoms with Gasteiger partial charge in [0.25, 0.3) is 0 Å². The van der Waals surface area contributed by atoms with E-state index in [0.29, 0.717) is 18.4 Å². The van der Waals surface area contributed by atoms with Gasteiger partial charge in [-0.25, -0.2) is 15.0 Å². The summed E-state index contributed by atoms with van der Waals surface area (Å²) in [5, 5.41) is 0. The van der Waals surface area contributed by atoms with Gasteiger partial charge in [0.2, 0.25) is 0 Å². The van der Waals surface area contributed by atoms with Crippen LogP contribution in [0.2, 0.25) is 0 Å². The Morgan fingerprint density at radius 1 is 1.45 bits per heavy atom. The Bertz CT molecular complexity index is 565. The Morgan fingerprint density at radius 3 is 3.10 bits per heavy atom. The molecule has 106 valence electrons. The molecule has 3 N–H and O–H groups in total. The average Bonchev–Trinajstić information content (AvgIpc) is 3.09. The maximum Gasteiger partial charge on any atom is 0.196 e. The number of aromatic amines is 1. The van der Waals surface area contributed by atoms with Gasteiger partial charge in [-0.1, -0.05) is 0 Å². The molecular weight excluding hydrogens is 252 g/mol. The van der Waals surface area contributed by atoms with Crippen molar-refractivity contribution < 1.29 is 0 Å². The highest BCUT2D eigenvalue weighted by molar-refractivity contribution is 5.43. The normalized spacial score (nSPS) is 19.6. The van der Waals surface area contributed by atoms with E-state index in [9.17, 15) is 0 Å². The summed E-state index contributed by atoms with van der Waals surface area (Å²) in [6.07, 6.45) is 5.84. The number of imidazole rings is 1. The molecule has 1 atom stereocenters. The van der Waals surface area contributed by atoms with E-state index >= 15 is 0 Å². The van der Waals surface area contributed by atoms with Gasteiger partial charge in [-0.15, -0.1) is 0 Å². The molecule has 1 fully saturated rings. The molecule has 20 heavy (non-hydrogen) atoms. The first-order valence-electron chi connectivity index (χ1n) is 7.07. The Hall–Kier alpha value is -1.79. The maximum absolute atomic E-state index is 5.70. The van der Waals surface area contributed by atoms with E-state index in [-0.39, 0.29) is 0 Å². The number of nitrogens with one attached hydrogen (secondary N) is 1. The summed E-state index contributed by atoms with van der Waals surface area (Å²) in [5.74, 6) is 1.39. The lowest BCUT2D eigenvalue weighted by molar-refractivity contribution is 0.260. The molecule has 0 aliphatic carbocycles. The van der Waals surface area contributed by atoms with Crippen molar-refractivity contribution in [2.45, 2.75) is 25.8 Å². The van der Waals surface area contributed by atoms with Crippen molar-refractivity contribution in [3.8, 4) is 11.6 Å². The van der Waals surface area contributed by atoms with Gasteiger partial charge in [-0.2, -0.15) is 0 Å². The minimum atomic E-state index is 0.356. The third-order valence-corrected chi connectivity index (χ3v) is 3.71. The minimum absolute atomic E-state index is 0.356. The van der Waals surface area contributed by atoms with Crippen molar-refractivity contribution in [3.05, 3.63) is 29.8 Å². The van der Waals surface area contributed by atoms with E-state index in [1.807, 2.05) is 6.92 Å². The van der Waals surface area contributed by atoms with Crippen LogP contribution in [0.15, 0.2) is 18.5 Å². The lowest BCUT2D eigenvalue weighted by Gasteiger charge is -2.23. The SMILES string of the molecule is Cc1cc(C2CCCN2CCN)nc(-c2ncc[nH]2)n1. The Morgan fingerprint density at radius 2 is 2.35 bits per heavy atom. The van der Waals surface area contributed by atoms with Crippen molar-refractivity contribution in [2.75, 3.05) is 19.6 Å². The third kappa shape index (κ3) is 2.57. The highest BCUT2D eigenvalue weighted by Gasteiger charge is 2.27. The summed E-state index contributed by atoms with van der Waals surface area (Å²) in [6, 6.07) is 2.43. The molecule has 6 nitrogen and oxygen atoms in total. The fraction of sp³-hybridized carbons (Fsp3) is 0.500. The van der Waals surface area contributed by atoms with Gasteiger partial charge < -0.3 is 10.7 Å². The van der Waals surface area contributed by atoms with Gasteiger partial charge in [-0.05, 0) is 32.4 Å². The molecule has 1 saturated heterocycles. The number of hydrogen-bond acceptors (Lipinski definition) is 5. The molecule has 0 saturated carbocycles. The number of rotatable bonds is 4. The summed E-state index contributed by atoms with van der Waals surface area (Å²) in [5.41, 5.74) is 7.75. The van der Waals surface area contributed by atoms with Crippen LogP contribution in [0.25, 0.3) is 11.6 Å². The average molecular weight is 272 g/mol. The Kier molecular flexibility index (Phi) is 3.75. The van der Waals surface area contributed by atoms with Crippen molar-refractivity contribution in [1.29, 1.82) is 0 Å². The van der Waals surface area contributed by atoms with Gasteiger partial charge in [-0.3, -0.25) is 4.90 Å². The standard InChI is InChI=1S/C14H20N6/c1-10-9-11(12-3-2-7-20(12)8-4-15)19-14(18-10)13-16-5-6-17-13/h5-6,9,12H,2-4,7-8,15H2,1H3,(H,16,17). The van der Waals surface area contributed by atoms with Crippen LogP contribution in [0.4, 0.5) is 0 Å². The van der Waals surface area contributed by atoms with Crippen LogP contribution in [0.3, 0.4) is 0 Å². The molecule has 0 radical (unpaired) electrons. The second kappa shape index (κ2) is 5.68. The van der Waals surface area contributed by atoms with Crippen molar-refractivity contribution in [1.82, 2.24) is 24.8 Å². The van der Waals surface area contributed by atoms with Crippen LogP contribution in [-0.2, 0) is 0 Å². The van der Waals surface area contributed by atoms with E-state index in [1.165, 1.54) is 6.42 Å². The molecule has 2 aromatic rings. The Labute approximate surface area is 118 Å². The van der Waals surface area contributed by atoms with Gasteiger partial charge >= 0.3 is 0 Å². The second-order valence-corrected chi connectivity index (χ2v) is 5.18. The van der Waals surface area contributed by atoms with Crippen LogP contribution < -0.4 is 5.73 Å². The quantitative estimate of drug-likeness (QED) is 0.875. The molecule has 1 unspecified atom stereocenters. The molecule has 0 aromatic carbocycles. The van der Waals surface area contributed by atoms with Gasteiger partial charge in [0, 0.05) is 31.2 Å². The molecule has 3 heterocycles. The number of nitrogens with two attached hydrogens (primary N) is 1. The number of aromatic nitrogens is 4. The van der Waals surface area contributed by atoms with Crippen molar-refractivity contribution >= 4 is 0 Å². The van der Waals surface area contributed by atoms with Gasteiger partial charge in [0.05, 0.1) is 11.7 Å². The van der Waals surface area contributed by atoms with E-state index in [1.54, 1.807) is 12.4 Å². The third-order valence-electron chi connectivity index (χ3n) is 3.71. The lowest BCUT2D eigenvalue weighted by Crippen LogP contribution is -2.29. The van der Waals surface area contributed by atoms with Gasteiger partial charge in [0.1, 0.15) is 0 Å². The number of likely N-dealkylation sites (tertiary alicyclic amines) is 1. The highest BCUT2D eigenvalue weighted by Crippen LogP contribution is 2.31. The van der Waals surface area contributed by atoms with E-state index < -0.39 is 0 Å². The molecule has 2 aromatic heterocycles. The van der Waals surface area contributed by atoms with Gasteiger partial charge in [0.15, 0.2) is 11.6 Å². The molecular formula is C14H20N6. The van der Waals surface area contributed by atoms with Crippen LogP contribution in [0, 0.1) is 6.92 Å². The summed E-state index contributed by atoms with van der Waals surface area (Å²) < 4.78 is 0. The van der Waals surface area contributed by atoms with E-state index in [2.05, 4.69) is 25.9 Å². The fourth-order valence-corrected chi connectivity index (χ4v) is 2.85. The van der Waals surface area contributed by atoms with Crippen molar-refractivity contribution in [3.63, 3.8) is 0 Å². The summed E-state index contributed by atoms with van der Waals surface area (Å²) in [7, 11) is 0. The van der Waals surface area contributed by atoms with Crippen LogP contribution in [-0.4, -0.2) is 44.5 Å².